The number of non-ortho nitro benzene ring substituents is 1. The zero-order chi connectivity index (χ0) is 12.6. The predicted molar refractivity (Wildman–Crippen MR) is 58.9 cm³/mol. The Kier molecular flexibility index (Phi) is 2.73. The van der Waals surface area contributed by atoms with Crippen LogP contribution >= 0.6 is 0 Å². The number of nitro groups is 1. The highest BCUT2D eigenvalue weighted by molar-refractivity contribution is 5.53. The number of rotatable bonds is 3. The van der Waals surface area contributed by atoms with Gasteiger partial charge in [0.05, 0.1) is 17.1 Å². The van der Waals surface area contributed by atoms with Crippen LogP contribution in [-0.4, -0.2) is 10.5 Å². The summed E-state index contributed by atoms with van der Waals surface area (Å²) in [6, 6.07) is 1.46. The minimum atomic E-state index is -0.926. The molecule has 1 aliphatic rings. The number of hydrogen-bond acceptors (Lipinski definition) is 3. The smallest absolute Gasteiger partial charge is 0.275 e. The molecule has 1 fully saturated rings. The van der Waals surface area contributed by atoms with Gasteiger partial charge in [0.2, 0.25) is 0 Å². The van der Waals surface area contributed by atoms with E-state index in [-0.39, 0.29) is 11.2 Å². The van der Waals surface area contributed by atoms with Gasteiger partial charge in [0, 0.05) is 5.54 Å². The van der Waals surface area contributed by atoms with Gasteiger partial charge in [-0.25, -0.2) is 8.78 Å². The van der Waals surface area contributed by atoms with Crippen LogP contribution in [0.15, 0.2) is 12.1 Å². The van der Waals surface area contributed by atoms with Crippen molar-refractivity contribution >= 4 is 11.4 Å². The molecule has 2 rings (SSSR count). The van der Waals surface area contributed by atoms with Gasteiger partial charge in [-0.1, -0.05) is 0 Å². The fourth-order valence-corrected chi connectivity index (χ4v) is 1.92. The molecule has 0 radical (unpaired) electrons. The minimum Gasteiger partial charge on any atom is -0.375 e. The van der Waals surface area contributed by atoms with E-state index in [0.29, 0.717) is 0 Å². The van der Waals surface area contributed by atoms with E-state index in [1.807, 2.05) is 6.92 Å². The summed E-state index contributed by atoms with van der Waals surface area (Å²) in [5.74, 6) is -1.85. The first kappa shape index (κ1) is 11.8. The van der Waals surface area contributed by atoms with E-state index in [2.05, 4.69) is 5.32 Å². The van der Waals surface area contributed by atoms with Crippen LogP contribution in [0.2, 0.25) is 0 Å². The molecule has 1 aliphatic carbocycles. The van der Waals surface area contributed by atoms with Gasteiger partial charge < -0.3 is 5.32 Å². The lowest BCUT2D eigenvalue weighted by molar-refractivity contribution is -0.385. The second-order valence-electron chi connectivity index (χ2n) is 4.58. The van der Waals surface area contributed by atoms with Crippen molar-refractivity contribution in [1.29, 1.82) is 0 Å². The Morgan fingerprint density at radius 2 is 1.88 bits per heavy atom. The average Bonchev–Trinajstić information content (AvgIpc) is 2.20. The average molecular weight is 242 g/mol. The summed E-state index contributed by atoms with van der Waals surface area (Å²) in [7, 11) is 0. The molecule has 0 bridgehead atoms. The summed E-state index contributed by atoms with van der Waals surface area (Å²) in [6.07, 6.45) is 2.69. The first-order chi connectivity index (χ1) is 7.91. The largest absolute Gasteiger partial charge is 0.375 e. The van der Waals surface area contributed by atoms with E-state index in [1.165, 1.54) is 0 Å². The van der Waals surface area contributed by atoms with Crippen LogP contribution in [0, 0.1) is 21.7 Å². The van der Waals surface area contributed by atoms with Crippen LogP contribution < -0.4 is 5.32 Å². The van der Waals surface area contributed by atoms with Crippen molar-refractivity contribution < 1.29 is 13.7 Å². The fraction of sp³-hybridized carbons (Fsp3) is 0.455. The lowest BCUT2D eigenvalue weighted by atomic mass is 9.78. The molecule has 1 N–H and O–H groups in total. The van der Waals surface area contributed by atoms with Crippen molar-refractivity contribution in [2.24, 2.45) is 0 Å². The number of halogens is 2. The maximum Gasteiger partial charge on any atom is 0.275 e. The molecule has 0 aliphatic heterocycles. The normalized spacial score (nSPS) is 17.4. The highest BCUT2D eigenvalue weighted by atomic mass is 19.1. The Hall–Kier alpha value is -1.72. The zero-order valence-corrected chi connectivity index (χ0v) is 9.30. The molecule has 1 aromatic carbocycles. The maximum atomic E-state index is 13.6. The molecule has 0 amide bonds. The molecule has 0 heterocycles. The van der Waals surface area contributed by atoms with Crippen molar-refractivity contribution in [2.45, 2.75) is 31.7 Å². The Labute approximate surface area is 96.8 Å². The molecule has 17 heavy (non-hydrogen) atoms. The first-order valence-corrected chi connectivity index (χ1v) is 5.33. The van der Waals surface area contributed by atoms with E-state index in [1.54, 1.807) is 0 Å². The van der Waals surface area contributed by atoms with E-state index in [0.717, 1.165) is 31.4 Å². The van der Waals surface area contributed by atoms with Crippen LogP contribution in [-0.2, 0) is 0 Å². The lowest BCUT2D eigenvalue weighted by Crippen LogP contribution is -2.42. The molecule has 0 unspecified atom stereocenters. The molecular formula is C11H12F2N2O2. The van der Waals surface area contributed by atoms with Crippen molar-refractivity contribution in [3.63, 3.8) is 0 Å². The summed E-state index contributed by atoms with van der Waals surface area (Å²) >= 11 is 0. The summed E-state index contributed by atoms with van der Waals surface area (Å²) in [6.45, 7) is 1.87. The minimum absolute atomic E-state index is 0.280. The predicted octanol–water partition coefficient (Wildman–Crippen LogP) is 3.23. The van der Waals surface area contributed by atoms with E-state index >= 15 is 0 Å². The number of hydrogen-bond donors (Lipinski definition) is 1. The number of nitrogens with zero attached hydrogens (tertiary/aromatic N) is 1. The third-order valence-corrected chi connectivity index (χ3v) is 3.12. The van der Waals surface area contributed by atoms with Crippen molar-refractivity contribution in [3.05, 3.63) is 33.9 Å². The third kappa shape index (κ3) is 2.20. The Bertz CT molecular complexity index is 450. The number of anilines is 1. The lowest BCUT2D eigenvalue weighted by Gasteiger charge is -2.40. The summed E-state index contributed by atoms with van der Waals surface area (Å²) in [5.41, 5.74) is -1.17. The molecule has 1 saturated carbocycles. The molecule has 0 atom stereocenters. The Balaban J connectivity index is 2.31. The van der Waals surface area contributed by atoms with Crippen molar-refractivity contribution in [3.8, 4) is 0 Å². The monoisotopic (exact) mass is 242 g/mol. The van der Waals surface area contributed by atoms with Crippen LogP contribution in [0.25, 0.3) is 0 Å². The maximum absolute atomic E-state index is 13.6. The van der Waals surface area contributed by atoms with E-state index in [4.69, 9.17) is 0 Å². The van der Waals surface area contributed by atoms with Gasteiger partial charge in [-0.15, -0.1) is 0 Å². The van der Waals surface area contributed by atoms with Crippen LogP contribution in [0.1, 0.15) is 26.2 Å². The number of nitrogens with one attached hydrogen (secondary N) is 1. The van der Waals surface area contributed by atoms with Gasteiger partial charge in [-0.2, -0.15) is 0 Å². The Morgan fingerprint density at radius 3 is 2.24 bits per heavy atom. The second kappa shape index (κ2) is 3.94. The third-order valence-electron chi connectivity index (χ3n) is 3.12. The first-order valence-electron chi connectivity index (χ1n) is 5.33. The van der Waals surface area contributed by atoms with Gasteiger partial charge >= 0.3 is 0 Å². The SMILES string of the molecule is CC1(Nc2c(F)cc([N+](=O)[O-])cc2F)CCC1. The zero-order valence-electron chi connectivity index (χ0n) is 9.30. The molecule has 6 heteroatoms. The summed E-state index contributed by atoms with van der Waals surface area (Å²) < 4.78 is 27.1. The van der Waals surface area contributed by atoms with Crippen LogP contribution in [0.4, 0.5) is 20.2 Å². The van der Waals surface area contributed by atoms with Gasteiger partial charge in [0.25, 0.3) is 5.69 Å². The topological polar surface area (TPSA) is 55.2 Å². The fourth-order valence-electron chi connectivity index (χ4n) is 1.92. The molecule has 0 aromatic heterocycles. The molecule has 92 valence electrons. The van der Waals surface area contributed by atoms with Gasteiger partial charge in [0.15, 0.2) is 11.6 Å². The second-order valence-corrected chi connectivity index (χ2v) is 4.58. The standard InChI is InChI=1S/C11H12F2N2O2/c1-11(3-2-4-11)14-10-8(12)5-7(15(16)17)6-9(10)13/h5-6,14H,2-4H2,1H3. The summed E-state index contributed by atoms with van der Waals surface area (Å²) in [5, 5.41) is 13.2. The van der Waals surface area contributed by atoms with Crippen molar-refractivity contribution in [1.82, 2.24) is 0 Å². The van der Waals surface area contributed by atoms with E-state index < -0.39 is 22.2 Å². The van der Waals surface area contributed by atoms with Crippen molar-refractivity contribution in [2.75, 3.05) is 5.32 Å². The van der Waals surface area contributed by atoms with Crippen LogP contribution in [0.3, 0.4) is 0 Å². The molecular weight excluding hydrogens is 230 g/mol. The number of benzene rings is 1. The van der Waals surface area contributed by atoms with Gasteiger partial charge in [0.1, 0.15) is 5.69 Å². The van der Waals surface area contributed by atoms with E-state index in [9.17, 15) is 18.9 Å². The van der Waals surface area contributed by atoms with Gasteiger partial charge in [-0.3, -0.25) is 10.1 Å². The van der Waals surface area contributed by atoms with Crippen LogP contribution in [0.5, 0.6) is 0 Å². The Morgan fingerprint density at radius 1 is 1.35 bits per heavy atom. The summed E-state index contributed by atoms with van der Waals surface area (Å²) in [4.78, 5) is 9.60. The highest BCUT2D eigenvalue weighted by Gasteiger charge is 2.33. The molecule has 4 nitrogen and oxygen atoms in total. The quantitative estimate of drug-likeness (QED) is 0.654. The molecule has 1 aromatic rings. The molecule has 0 spiro atoms. The highest BCUT2D eigenvalue weighted by Crippen LogP contribution is 2.36. The molecule has 0 saturated heterocycles. The number of nitro benzene ring substituents is 1. The van der Waals surface area contributed by atoms with Gasteiger partial charge in [-0.05, 0) is 26.2 Å².